The van der Waals surface area contributed by atoms with Crippen molar-refractivity contribution in [3.8, 4) is 11.8 Å². The van der Waals surface area contributed by atoms with Gasteiger partial charge in [0.2, 0.25) is 10.0 Å². The highest BCUT2D eigenvalue weighted by Gasteiger charge is 2.31. The monoisotopic (exact) mass is 525 g/mol. The van der Waals surface area contributed by atoms with Gasteiger partial charge in [-0.3, -0.25) is 4.90 Å². The number of hydrogen-bond donors (Lipinski definition) is 0. The van der Waals surface area contributed by atoms with Crippen LogP contribution < -0.4 is 4.74 Å². The van der Waals surface area contributed by atoms with Gasteiger partial charge in [0.05, 0.1) is 30.3 Å². The lowest BCUT2D eigenvalue weighted by Gasteiger charge is -2.36. The maximum absolute atomic E-state index is 13.2. The van der Waals surface area contributed by atoms with Crippen LogP contribution in [-0.2, 0) is 21.4 Å². The third-order valence-corrected chi connectivity index (χ3v) is 8.42. The van der Waals surface area contributed by atoms with Crippen molar-refractivity contribution in [1.82, 2.24) is 9.21 Å². The number of methoxy groups -OCH3 is 1. The van der Waals surface area contributed by atoms with E-state index in [4.69, 9.17) is 21.1 Å². The quantitative estimate of drug-likeness (QED) is 0.409. The predicted molar refractivity (Wildman–Crippen MR) is 138 cm³/mol. The minimum absolute atomic E-state index is 0.0570. The molecule has 1 aliphatic rings. The van der Waals surface area contributed by atoms with Gasteiger partial charge in [0, 0.05) is 37.7 Å². The van der Waals surface area contributed by atoms with E-state index in [1.54, 1.807) is 19.2 Å². The van der Waals surface area contributed by atoms with Crippen LogP contribution in [0.4, 0.5) is 0 Å². The maximum atomic E-state index is 13.2. The Bertz CT molecular complexity index is 1320. The van der Waals surface area contributed by atoms with Crippen molar-refractivity contribution in [3.63, 3.8) is 0 Å². The summed E-state index contributed by atoms with van der Waals surface area (Å²) in [6, 6.07) is 23.7. The van der Waals surface area contributed by atoms with Crippen LogP contribution in [0.15, 0.2) is 77.7 Å². The molecule has 7 nitrogen and oxygen atoms in total. The van der Waals surface area contributed by atoms with Crippen molar-refractivity contribution in [3.05, 3.63) is 94.5 Å². The molecule has 0 unspecified atom stereocenters. The first-order valence-electron chi connectivity index (χ1n) is 11.6. The minimum Gasteiger partial charge on any atom is -0.497 e. The van der Waals surface area contributed by atoms with Crippen LogP contribution in [0.1, 0.15) is 22.8 Å². The highest BCUT2D eigenvalue weighted by molar-refractivity contribution is 7.89. The Morgan fingerprint density at radius 1 is 1.00 bits per heavy atom. The van der Waals surface area contributed by atoms with Crippen molar-refractivity contribution in [2.24, 2.45) is 0 Å². The number of rotatable bonds is 9. The van der Waals surface area contributed by atoms with Gasteiger partial charge >= 0.3 is 0 Å². The first-order chi connectivity index (χ1) is 17.4. The Morgan fingerprint density at radius 2 is 1.72 bits per heavy atom. The molecule has 1 saturated heterocycles. The van der Waals surface area contributed by atoms with Gasteiger partial charge in [-0.2, -0.15) is 9.57 Å². The molecule has 0 spiro atoms. The predicted octanol–water partition coefficient (Wildman–Crippen LogP) is 4.48. The summed E-state index contributed by atoms with van der Waals surface area (Å²) in [5, 5.41) is 9.99. The van der Waals surface area contributed by atoms with Crippen LogP contribution >= 0.6 is 11.6 Å². The lowest BCUT2D eigenvalue weighted by atomic mass is 10.1. The van der Waals surface area contributed by atoms with E-state index in [1.165, 1.54) is 16.4 Å². The second kappa shape index (κ2) is 11.9. The molecular formula is C27H28ClN3O4S. The van der Waals surface area contributed by atoms with Crippen LogP contribution in [-0.4, -0.2) is 57.5 Å². The van der Waals surface area contributed by atoms with Crippen molar-refractivity contribution in [2.45, 2.75) is 17.6 Å². The number of piperazine rings is 1. The number of halogens is 1. The van der Waals surface area contributed by atoms with Crippen molar-refractivity contribution in [1.29, 1.82) is 5.26 Å². The van der Waals surface area contributed by atoms with Crippen LogP contribution in [0.2, 0.25) is 5.02 Å². The molecule has 1 fully saturated rings. The van der Waals surface area contributed by atoms with Crippen molar-refractivity contribution >= 4 is 21.6 Å². The lowest BCUT2D eigenvalue weighted by molar-refractivity contribution is 0.00767. The number of nitriles is 1. The van der Waals surface area contributed by atoms with E-state index in [0.717, 1.165) is 16.9 Å². The number of ether oxygens (including phenoxy) is 2. The van der Waals surface area contributed by atoms with Gasteiger partial charge in [0.15, 0.2) is 0 Å². The van der Waals surface area contributed by atoms with Gasteiger partial charge in [0.25, 0.3) is 0 Å². The summed E-state index contributed by atoms with van der Waals surface area (Å²) in [4.78, 5) is 2.26. The fraction of sp³-hybridized carbons (Fsp3) is 0.296. The molecule has 0 amide bonds. The van der Waals surface area contributed by atoms with E-state index in [0.29, 0.717) is 44.4 Å². The summed E-state index contributed by atoms with van der Waals surface area (Å²) in [6.45, 7) is 2.80. The zero-order valence-corrected chi connectivity index (χ0v) is 21.6. The summed E-state index contributed by atoms with van der Waals surface area (Å²) in [5.74, 6) is 0.773. The zero-order chi connectivity index (χ0) is 25.5. The minimum atomic E-state index is -3.74. The Hall–Kier alpha value is -2.93. The van der Waals surface area contributed by atoms with Gasteiger partial charge in [-0.05, 0) is 47.5 Å². The normalized spacial score (nSPS) is 15.8. The van der Waals surface area contributed by atoms with Crippen LogP contribution in [0.5, 0.6) is 5.75 Å². The molecule has 1 aliphatic heterocycles. The molecule has 9 heteroatoms. The molecular weight excluding hydrogens is 498 g/mol. The van der Waals surface area contributed by atoms with E-state index < -0.39 is 10.0 Å². The summed E-state index contributed by atoms with van der Waals surface area (Å²) < 4.78 is 39.4. The Kier molecular flexibility index (Phi) is 8.62. The highest BCUT2D eigenvalue weighted by atomic mass is 35.5. The molecule has 3 aromatic rings. The molecule has 188 valence electrons. The number of nitrogens with zero attached hydrogens (tertiary/aromatic N) is 3. The molecule has 36 heavy (non-hydrogen) atoms. The summed E-state index contributed by atoms with van der Waals surface area (Å²) in [7, 11) is -2.11. The molecule has 3 aromatic carbocycles. The number of hydrogen-bond acceptors (Lipinski definition) is 6. The van der Waals surface area contributed by atoms with Crippen molar-refractivity contribution < 1.29 is 17.9 Å². The fourth-order valence-electron chi connectivity index (χ4n) is 4.20. The Labute approximate surface area is 217 Å². The molecule has 1 atom stereocenters. The Morgan fingerprint density at radius 3 is 2.42 bits per heavy atom. The van der Waals surface area contributed by atoms with Crippen LogP contribution in [0.3, 0.4) is 0 Å². The molecule has 4 rings (SSSR count). The van der Waals surface area contributed by atoms with E-state index >= 15 is 0 Å². The van der Waals surface area contributed by atoms with Gasteiger partial charge in [0.1, 0.15) is 11.8 Å². The molecule has 0 radical (unpaired) electrons. The second-order valence-corrected chi connectivity index (χ2v) is 10.9. The molecule has 0 bridgehead atoms. The fourth-order valence-corrected chi connectivity index (χ4v) is 5.89. The van der Waals surface area contributed by atoms with E-state index in [2.05, 4.69) is 4.90 Å². The topological polar surface area (TPSA) is 82.9 Å². The number of benzene rings is 3. The first-order valence-corrected chi connectivity index (χ1v) is 13.4. The first kappa shape index (κ1) is 26.1. The van der Waals surface area contributed by atoms with Gasteiger partial charge < -0.3 is 9.47 Å². The largest absolute Gasteiger partial charge is 0.497 e. The summed E-state index contributed by atoms with van der Waals surface area (Å²) >= 11 is 6.10. The molecule has 0 aromatic heterocycles. The SMILES string of the molecule is COc1cccc(CO[C@@H](CN2CCN(S(=O)(=O)c3ccccc3C#N)CC2)c2ccc(Cl)cc2)c1. The highest BCUT2D eigenvalue weighted by Crippen LogP contribution is 2.26. The molecule has 0 aliphatic carbocycles. The van der Waals surface area contributed by atoms with Gasteiger partial charge in [-0.25, -0.2) is 8.42 Å². The van der Waals surface area contributed by atoms with Gasteiger partial charge in [-0.1, -0.05) is 48.0 Å². The smallest absolute Gasteiger partial charge is 0.244 e. The molecule has 1 heterocycles. The van der Waals surface area contributed by atoms with Crippen LogP contribution in [0, 0.1) is 11.3 Å². The molecule has 0 N–H and O–H groups in total. The van der Waals surface area contributed by atoms with Gasteiger partial charge in [-0.15, -0.1) is 0 Å². The maximum Gasteiger partial charge on any atom is 0.244 e. The lowest BCUT2D eigenvalue weighted by Crippen LogP contribution is -2.49. The average molecular weight is 526 g/mol. The average Bonchev–Trinajstić information content (AvgIpc) is 2.92. The van der Waals surface area contributed by atoms with E-state index in [1.807, 2.05) is 54.6 Å². The number of sulfonamides is 1. The van der Waals surface area contributed by atoms with Crippen molar-refractivity contribution in [2.75, 3.05) is 39.8 Å². The second-order valence-electron chi connectivity index (χ2n) is 8.52. The summed E-state index contributed by atoms with van der Waals surface area (Å²) in [5.41, 5.74) is 2.16. The molecule has 0 saturated carbocycles. The third-order valence-electron chi connectivity index (χ3n) is 6.21. The zero-order valence-electron chi connectivity index (χ0n) is 20.0. The third kappa shape index (κ3) is 6.25. The van der Waals surface area contributed by atoms with Crippen LogP contribution in [0.25, 0.3) is 0 Å². The van der Waals surface area contributed by atoms with E-state index in [-0.39, 0.29) is 16.6 Å². The summed E-state index contributed by atoms with van der Waals surface area (Å²) in [6.07, 6.45) is -0.226. The Balaban J connectivity index is 1.44. The van der Waals surface area contributed by atoms with E-state index in [9.17, 15) is 13.7 Å². The standard InChI is InChI=1S/C27H28ClN3O4S/c1-34-25-7-4-5-21(17-25)20-35-26(22-9-11-24(28)12-10-22)19-30-13-15-31(16-14-30)36(32,33)27-8-3-2-6-23(27)18-29/h2-12,17,26H,13-16,19-20H2,1H3/t26-/m0/s1.